The number of rotatable bonds is 4. The fourth-order valence-electron chi connectivity index (χ4n) is 2.79. The van der Waals surface area contributed by atoms with Crippen molar-refractivity contribution in [3.05, 3.63) is 27.7 Å². The number of benzene rings is 1. The second-order valence-corrected chi connectivity index (χ2v) is 5.92. The highest BCUT2D eigenvalue weighted by Crippen LogP contribution is 2.32. The molecular weight excluding hydrogens is 290 g/mol. The van der Waals surface area contributed by atoms with Crippen LogP contribution in [-0.2, 0) is 12.8 Å². The number of hydrogen-bond donors (Lipinski definition) is 1. The third-order valence-electron chi connectivity index (χ3n) is 3.76. The van der Waals surface area contributed by atoms with E-state index in [0.29, 0.717) is 0 Å². The predicted molar refractivity (Wildman–Crippen MR) is 79.4 cm³/mol. The Hall–Kier alpha value is -0.540. The summed E-state index contributed by atoms with van der Waals surface area (Å²) in [6.45, 7) is 4.49. The Morgan fingerprint density at radius 1 is 1.28 bits per heavy atom. The van der Waals surface area contributed by atoms with Crippen molar-refractivity contribution in [2.45, 2.75) is 32.6 Å². The molecule has 0 saturated carbocycles. The van der Waals surface area contributed by atoms with Crippen LogP contribution in [0.1, 0.15) is 30.9 Å². The Morgan fingerprint density at radius 2 is 1.94 bits per heavy atom. The third kappa shape index (κ3) is 3.27. The average molecular weight is 312 g/mol. The minimum atomic E-state index is 0.791. The molecule has 0 aromatic heterocycles. The van der Waals surface area contributed by atoms with Crippen LogP contribution in [0.5, 0.6) is 5.75 Å². The first-order valence-corrected chi connectivity index (χ1v) is 7.60. The van der Waals surface area contributed by atoms with Gasteiger partial charge in [-0.2, -0.15) is 0 Å². The molecule has 0 spiro atoms. The Morgan fingerprint density at radius 3 is 2.56 bits per heavy atom. The molecule has 100 valence electrons. The number of nitrogens with one attached hydrogen (secondary N) is 1. The highest BCUT2D eigenvalue weighted by molar-refractivity contribution is 9.10. The van der Waals surface area contributed by atoms with E-state index in [0.717, 1.165) is 37.6 Å². The first kappa shape index (κ1) is 13.9. The summed E-state index contributed by atoms with van der Waals surface area (Å²) in [5, 5.41) is 3.42. The largest absolute Gasteiger partial charge is 0.496 e. The summed E-state index contributed by atoms with van der Waals surface area (Å²) in [6.07, 6.45) is 4.70. The molecule has 0 radical (unpaired) electrons. The molecular formula is C15H22BrNO. The Kier molecular flexibility index (Phi) is 5.07. The molecule has 1 aliphatic rings. The standard InChI is InChI=1S/C15H22BrNO/c1-3-12-9-14(16)10-13(15(12)18-2)8-11-4-6-17-7-5-11/h9-11,17H,3-8H2,1-2H3. The van der Waals surface area contributed by atoms with E-state index in [1.807, 2.05) is 0 Å². The van der Waals surface area contributed by atoms with E-state index in [1.165, 1.54) is 28.4 Å². The van der Waals surface area contributed by atoms with Gasteiger partial charge in [0, 0.05) is 4.47 Å². The van der Waals surface area contributed by atoms with E-state index in [1.54, 1.807) is 7.11 Å². The molecule has 1 saturated heterocycles. The molecule has 2 rings (SSSR count). The smallest absolute Gasteiger partial charge is 0.125 e. The number of ether oxygens (including phenoxy) is 1. The summed E-state index contributed by atoms with van der Waals surface area (Å²) in [5.41, 5.74) is 2.66. The topological polar surface area (TPSA) is 21.3 Å². The first-order valence-electron chi connectivity index (χ1n) is 6.80. The van der Waals surface area contributed by atoms with Crippen molar-refractivity contribution in [3.8, 4) is 5.75 Å². The van der Waals surface area contributed by atoms with E-state index in [-0.39, 0.29) is 0 Å². The van der Waals surface area contributed by atoms with Crippen LogP contribution in [0.2, 0.25) is 0 Å². The van der Waals surface area contributed by atoms with Gasteiger partial charge < -0.3 is 10.1 Å². The van der Waals surface area contributed by atoms with Gasteiger partial charge in [-0.15, -0.1) is 0 Å². The maximum absolute atomic E-state index is 5.63. The van der Waals surface area contributed by atoms with Gasteiger partial charge in [0.15, 0.2) is 0 Å². The first-order chi connectivity index (χ1) is 8.74. The summed E-state index contributed by atoms with van der Waals surface area (Å²) in [4.78, 5) is 0. The fourth-order valence-corrected chi connectivity index (χ4v) is 3.34. The normalized spacial score (nSPS) is 16.8. The van der Waals surface area contributed by atoms with Gasteiger partial charge in [0.1, 0.15) is 5.75 Å². The molecule has 1 aromatic carbocycles. The van der Waals surface area contributed by atoms with Crippen molar-refractivity contribution in [2.75, 3.05) is 20.2 Å². The molecule has 1 N–H and O–H groups in total. The summed E-state index contributed by atoms with van der Waals surface area (Å²) in [6, 6.07) is 4.39. The van der Waals surface area contributed by atoms with E-state index in [2.05, 4.69) is 40.3 Å². The highest BCUT2D eigenvalue weighted by Gasteiger charge is 2.17. The van der Waals surface area contributed by atoms with Crippen LogP contribution in [0, 0.1) is 5.92 Å². The predicted octanol–water partition coefficient (Wildman–Crippen LogP) is 3.56. The molecule has 1 aromatic rings. The molecule has 0 amide bonds. The van der Waals surface area contributed by atoms with Crippen LogP contribution in [0.3, 0.4) is 0 Å². The van der Waals surface area contributed by atoms with Crippen LogP contribution in [0.25, 0.3) is 0 Å². The van der Waals surface area contributed by atoms with Crippen molar-refractivity contribution < 1.29 is 4.74 Å². The van der Waals surface area contributed by atoms with Gasteiger partial charge in [-0.05, 0) is 68.0 Å². The van der Waals surface area contributed by atoms with E-state index < -0.39 is 0 Å². The second-order valence-electron chi connectivity index (χ2n) is 5.01. The van der Waals surface area contributed by atoms with Gasteiger partial charge in [-0.1, -0.05) is 22.9 Å². The number of methoxy groups -OCH3 is 1. The van der Waals surface area contributed by atoms with Crippen molar-refractivity contribution in [1.82, 2.24) is 5.32 Å². The maximum atomic E-state index is 5.63. The van der Waals surface area contributed by atoms with Gasteiger partial charge in [-0.25, -0.2) is 0 Å². The van der Waals surface area contributed by atoms with Crippen molar-refractivity contribution >= 4 is 15.9 Å². The van der Waals surface area contributed by atoms with Crippen LogP contribution in [0.4, 0.5) is 0 Å². The third-order valence-corrected chi connectivity index (χ3v) is 4.22. The molecule has 18 heavy (non-hydrogen) atoms. The fraction of sp³-hybridized carbons (Fsp3) is 0.600. The second kappa shape index (κ2) is 6.58. The van der Waals surface area contributed by atoms with Crippen LogP contribution < -0.4 is 10.1 Å². The molecule has 1 heterocycles. The number of halogens is 1. The zero-order chi connectivity index (χ0) is 13.0. The lowest BCUT2D eigenvalue weighted by Crippen LogP contribution is -2.28. The van der Waals surface area contributed by atoms with Crippen LogP contribution in [-0.4, -0.2) is 20.2 Å². The molecule has 3 heteroatoms. The molecule has 1 fully saturated rings. The lowest BCUT2D eigenvalue weighted by atomic mass is 9.89. The highest BCUT2D eigenvalue weighted by atomic mass is 79.9. The number of hydrogen-bond acceptors (Lipinski definition) is 2. The van der Waals surface area contributed by atoms with Crippen molar-refractivity contribution in [3.63, 3.8) is 0 Å². The maximum Gasteiger partial charge on any atom is 0.125 e. The van der Waals surface area contributed by atoms with Gasteiger partial charge in [-0.3, -0.25) is 0 Å². The zero-order valence-corrected chi connectivity index (χ0v) is 12.8. The van der Waals surface area contributed by atoms with E-state index in [9.17, 15) is 0 Å². The number of aryl methyl sites for hydroxylation is 1. The summed E-state index contributed by atoms with van der Waals surface area (Å²) >= 11 is 3.61. The van der Waals surface area contributed by atoms with E-state index >= 15 is 0 Å². The zero-order valence-electron chi connectivity index (χ0n) is 11.3. The summed E-state index contributed by atoms with van der Waals surface area (Å²) < 4.78 is 6.80. The lowest BCUT2D eigenvalue weighted by Gasteiger charge is -2.24. The van der Waals surface area contributed by atoms with Crippen molar-refractivity contribution in [1.29, 1.82) is 0 Å². The monoisotopic (exact) mass is 311 g/mol. The van der Waals surface area contributed by atoms with E-state index in [4.69, 9.17) is 4.74 Å². The van der Waals surface area contributed by atoms with Crippen LogP contribution >= 0.6 is 15.9 Å². The molecule has 0 unspecified atom stereocenters. The molecule has 2 nitrogen and oxygen atoms in total. The van der Waals surface area contributed by atoms with Gasteiger partial charge in [0.25, 0.3) is 0 Å². The minimum Gasteiger partial charge on any atom is -0.496 e. The SMILES string of the molecule is CCc1cc(Br)cc(CC2CCNCC2)c1OC. The Labute approximate surface area is 118 Å². The van der Waals surface area contributed by atoms with Crippen LogP contribution in [0.15, 0.2) is 16.6 Å². The van der Waals surface area contributed by atoms with Gasteiger partial charge in [0.05, 0.1) is 7.11 Å². The lowest BCUT2D eigenvalue weighted by molar-refractivity contribution is 0.360. The molecule has 0 aliphatic carbocycles. The molecule has 1 aliphatic heterocycles. The van der Waals surface area contributed by atoms with Crippen molar-refractivity contribution in [2.24, 2.45) is 5.92 Å². The summed E-state index contributed by atoms with van der Waals surface area (Å²) in [5.74, 6) is 1.89. The quantitative estimate of drug-likeness (QED) is 0.918. The minimum absolute atomic E-state index is 0.791. The Bertz CT molecular complexity index is 400. The average Bonchev–Trinajstić information content (AvgIpc) is 2.39. The Balaban J connectivity index is 2.21. The number of piperidine rings is 1. The van der Waals surface area contributed by atoms with Gasteiger partial charge in [0.2, 0.25) is 0 Å². The molecule has 0 atom stereocenters. The summed E-state index contributed by atoms with van der Waals surface area (Å²) in [7, 11) is 1.79. The molecule has 0 bridgehead atoms. The van der Waals surface area contributed by atoms with Gasteiger partial charge >= 0.3 is 0 Å².